The Morgan fingerprint density at radius 2 is 2.25 bits per heavy atom. The largest absolute Gasteiger partial charge is 0.507 e. The van der Waals surface area contributed by atoms with Crippen LogP contribution in [0.5, 0.6) is 5.75 Å². The van der Waals surface area contributed by atoms with E-state index in [1.54, 1.807) is 17.8 Å². The fourth-order valence-electron chi connectivity index (χ4n) is 1.66. The maximum Gasteiger partial charge on any atom is 0.275 e. The first kappa shape index (κ1) is 14.3. The van der Waals surface area contributed by atoms with Gasteiger partial charge in [-0.05, 0) is 31.2 Å². The van der Waals surface area contributed by atoms with Crippen molar-refractivity contribution in [2.45, 2.75) is 6.92 Å². The second kappa shape index (κ2) is 5.87. The highest BCUT2D eigenvalue weighted by molar-refractivity contribution is 9.10. The van der Waals surface area contributed by atoms with E-state index in [1.807, 2.05) is 13.0 Å². The number of phenolic OH excluding ortho intramolecular Hbond substituents is 1. The van der Waals surface area contributed by atoms with E-state index >= 15 is 0 Å². The summed E-state index contributed by atoms with van der Waals surface area (Å²) in [6, 6.07) is 6.45. The molecule has 0 spiro atoms. The lowest BCUT2D eigenvalue weighted by Crippen LogP contribution is -2.18. The van der Waals surface area contributed by atoms with E-state index in [0.717, 1.165) is 11.4 Å². The third-order valence-corrected chi connectivity index (χ3v) is 3.10. The SMILES string of the molecule is Cc1cc(/C=N\NC(=O)c2cc(Br)ccc2O)n(C)n1. The molecule has 0 saturated carbocycles. The summed E-state index contributed by atoms with van der Waals surface area (Å²) < 4.78 is 2.35. The number of amides is 1. The number of rotatable bonds is 3. The van der Waals surface area contributed by atoms with Gasteiger partial charge in [0.25, 0.3) is 5.91 Å². The monoisotopic (exact) mass is 336 g/mol. The molecule has 0 aliphatic heterocycles. The first-order valence-electron chi connectivity index (χ1n) is 5.80. The Balaban J connectivity index is 2.09. The number of nitrogens with zero attached hydrogens (tertiary/aromatic N) is 3. The first-order valence-corrected chi connectivity index (χ1v) is 6.59. The predicted octanol–water partition coefficient (Wildman–Crippen LogP) is 1.96. The molecular weight excluding hydrogens is 324 g/mol. The fourth-order valence-corrected chi connectivity index (χ4v) is 2.02. The summed E-state index contributed by atoms with van der Waals surface area (Å²) in [4.78, 5) is 11.9. The number of hydrogen-bond donors (Lipinski definition) is 2. The van der Waals surface area contributed by atoms with Gasteiger partial charge in [-0.15, -0.1) is 0 Å². The van der Waals surface area contributed by atoms with Crippen LogP contribution in [0.4, 0.5) is 0 Å². The quantitative estimate of drug-likeness (QED) is 0.664. The molecule has 0 bridgehead atoms. The van der Waals surface area contributed by atoms with Gasteiger partial charge in [-0.25, -0.2) is 5.43 Å². The number of nitrogens with one attached hydrogen (secondary N) is 1. The van der Waals surface area contributed by atoms with E-state index in [0.29, 0.717) is 4.47 Å². The minimum atomic E-state index is -0.487. The molecule has 104 valence electrons. The zero-order valence-electron chi connectivity index (χ0n) is 11.0. The number of benzene rings is 1. The van der Waals surface area contributed by atoms with Gasteiger partial charge in [-0.2, -0.15) is 10.2 Å². The van der Waals surface area contributed by atoms with Crippen molar-refractivity contribution in [3.05, 3.63) is 45.7 Å². The molecule has 2 aromatic rings. The van der Waals surface area contributed by atoms with Gasteiger partial charge in [0.1, 0.15) is 5.75 Å². The van der Waals surface area contributed by atoms with E-state index in [4.69, 9.17) is 0 Å². The number of aromatic hydroxyl groups is 1. The van der Waals surface area contributed by atoms with Crippen LogP contribution in [0.2, 0.25) is 0 Å². The van der Waals surface area contributed by atoms with Gasteiger partial charge in [0.2, 0.25) is 0 Å². The molecule has 2 N–H and O–H groups in total. The van der Waals surface area contributed by atoms with E-state index in [-0.39, 0.29) is 11.3 Å². The molecule has 1 amide bonds. The van der Waals surface area contributed by atoms with Crippen molar-refractivity contribution < 1.29 is 9.90 Å². The minimum absolute atomic E-state index is 0.0997. The Morgan fingerprint density at radius 1 is 1.50 bits per heavy atom. The van der Waals surface area contributed by atoms with Gasteiger partial charge in [0.15, 0.2) is 0 Å². The summed E-state index contributed by atoms with van der Waals surface area (Å²) in [6.45, 7) is 1.87. The molecule has 7 heteroatoms. The molecule has 0 radical (unpaired) electrons. The molecule has 1 aromatic carbocycles. The standard InChI is InChI=1S/C13H13BrN4O2/c1-8-5-10(18(2)17-8)7-15-16-13(20)11-6-9(14)3-4-12(11)19/h3-7,19H,1-2H3,(H,16,20)/b15-7-. The topological polar surface area (TPSA) is 79.5 Å². The van der Waals surface area contributed by atoms with Crippen molar-refractivity contribution in [1.82, 2.24) is 15.2 Å². The third-order valence-electron chi connectivity index (χ3n) is 2.60. The first-order chi connectivity index (χ1) is 9.47. The Kier molecular flexibility index (Phi) is 4.19. The third kappa shape index (κ3) is 3.24. The summed E-state index contributed by atoms with van der Waals surface area (Å²) in [5.74, 6) is -0.587. The van der Waals surface area contributed by atoms with Crippen LogP contribution in [-0.4, -0.2) is 27.0 Å². The highest BCUT2D eigenvalue weighted by Crippen LogP contribution is 2.21. The van der Waals surface area contributed by atoms with Crippen LogP contribution < -0.4 is 5.43 Å². The van der Waals surface area contributed by atoms with Crippen LogP contribution in [0.25, 0.3) is 0 Å². The Labute approximate surface area is 124 Å². The van der Waals surface area contributed by atoms with Crippen molar-refractivity contribution in [3.8, 4) is 5.75 Å². The van der Waals surface area contributed by atoms with Gasteiger partial charge in [-0.1, -0.05) is 15.9 Å². The van der Waals surface area contributed by atoms with Crippen molar-refractivity contribution in [3.63, 3.8) is 0 Å². The maximum absolute atomic E-state index is 11.9. The second-order valence-corrected chi connectivity index (χ2v) is 5.11. The number of hydrogen-bond acceptors (Lipinski definition) is 4. The minimum Gasteiger partial charge on any atom is -0.507 e. The summed E-state index contributed by atoms with van der Waals surface area (Å²) in [7, 11) is 1.79. The molecule has 0 saturated heterocycles. The molecule has 1 heterocycles. The van der Waals surface area contributed by atoms with Crippen LogP contribution in [0.3, 0.4) is 0 Å². The van der Waals surface area contributed by atoms with Gasteiger partial charge >= 0.3 is 0 Å². The Bertz CT molecular complexity index is 679. The van der Waals surface area contributed by atoms with Crippen molar-refractivity contribution in [1.29, 1.82) is 0 Å². The van der Waals surface area contributed by atoms with Crippen LogP contribution in [0, 0.1) is 6.92 Å². The Hall–Kier alpha value is -2.15. The number of carbonyl (C=O) groups excluding carboxylic acids is 1. The predicted molar refractivity (Wildman–Crippen MR) is 78.8 cm³/mol. The summed E-state index contributed by atoms with van der Waals surface area (Å²) in [6.07, 6.45) is 1.49. The van der Waals surface area contributed by atoms with Crippen molar-refractivity contribution in [2.24, 2.45) is 12.1 Å². The zero-order valence-corrected chi connectivity index (χ0v) is 12.5. The van der Waals surface area contributed by atoms with E-state index in [2.05, 4.69) is 31.6 Å². The molecule has 0 aliphatic carbocycles. The highest BCUT2D eigenvalue weighted by atomic mass is 79.9. The fraction of sp³-hybridized carbons (Fsp3) is 0.154. The smallest absolute Gasteiger partial charge is 0.275 e. The molecule has 0 atom stereocenters. The molecule has 2 rings (SSSR count). The van der Waals surface area contributed by atoms with E-state index in [9.17, 15) is 9.90 Å². The number of carbonyl (C=O) groups is 1. The maximum atomic E-state index is 11.9. The average molecular weight is 337 g/mol. The molecule has 0 fully saturated rings. The molecule has 6 nitrogen and oxygen atoms in total. The number of hydrazone groups is 1. The van der Waals surface area contributed by atoms with Crippen LogP contribution in [0.1, 0.15) is 21.7 Å². The van der Waals surface area contributed by atoms with Crippen LogP contribution in [-0.2, 0) is 7.05 Å². The highest BCUT2D eigenvalue weighted by Gasteiger charge is 2.10. The normalized spacial score (nSPS) is 10.9. The van der Waals surface area contributed by atoms with Gasteiger partial charge in [0.05, 0.1) is 23.2 Å². The van der Waals surface area contributed by atoms with Gasteiger partial charge in [0, 0.05) is 11.5 Å². The van der Waals surface area contributed by atoms with Crippen molar-refractivity contribution in [2.75, 3.05) is 0 Å². The number of aryl methyl sites for hydroxylation is 2. The zero-order chi connectivity index (χ0) is 14.7. The van der Waals surface area contributed by atoms with Crippen molar-refractivity contribution >= 4 is 28.1 Å². The molecule has 20 heavy (non-hydrogen) atoms. The number of halogens is 1. The van der Waals surface area contributed by atoms with Crippen LogP contribution >= 0.6 is 15.9 Å². The summed E-state index contributed by atoms with van der Waals surface area (Å²) in [5.41, 5.74) is 4.14. The van der Waals surface area contributed by atoms with Crippen LogP contribution in [0.15, 0.2) is 33.8 Å². The molecule has 0 aliphatic rings. The Morgan fingerprint density at radius 3 is 2.90 bits per heavy atom. The number of aromatic nitrogens is 2. The molecule has 0 unspecified atom stereocenters. The summed E-state index contributed by atoms with van der Waals surface area (Å²) in [5, 5.41) is 17.6. The summed E-state index contributed by atoms with van der Waals surface area (Å²) >= 11 is 3.24. The van der Waals surface area contributed by atoms with E-state index < -0.39 is 5.91 Å². The number of phenols is 1. The lowest BCUT2D eigenvalue weighted by molar-refractivity contribution is 0.0952. The molecular formula is C13H13BrN4O2. The lowest BCUT2D eigenvalue weighted by atomic mass is 10.2. The lowest BCUT2D eigenvalue weighted by Gasteiger charge is -2.03. The van der Waals surface area contributed by atoms with E-state index in [1.165, 1.54) is 18.3 Å². The van der Waals surface area contributed by atoms with Gasteiger partial charge in [-0.3, -0.25) is 9.48 Å². The second-order valence-electron chi connectivity index (χ2n) is 4.19. The molecule has 1 aromatic heterocycles. The average Bonchev–Trinajstić information content (AvgIpc) is 2.71. The van der Waals surface area contributed by atoms with Gasteiger partial charge < -0.3 is 5.11 Å².